The van der Waals surface area contributed by atoms with Crippen LogP contribution in [0.1, 0.15) is 124 Å². The zero-order valence-electron chi connectivity index (χ0n) is 28.0. The van der Waals surface area contributed by atoms with Crippen molar-refractivity contribution in [2.24, 2.45) is 0 Å². The normalized spacial score (nSPS) is 28.2. The highest BCUT2D eigenvalue weighted by molar-refractivity contribution is 7.99. The third kappa shape index (κ3) is 13.1. The molecular weight excluding hydrogens is 600 g/mol. The molecule has 2 saturated heterocycles. The second kappa shape index (κ2) is 21.9. The van der Waals surface area contributed by atoms with E-state index in [1.807, 2.05) is 11.9 Å². The molecule has 0 spiro atoms. The number of unbranched alkanes of at least 4 members (excludes halogenated alkanes) is 12. The highest BCUT2D eigenvalue weighted by Gasteiger charge is 2.50. The fraction of sp³-hybridized carbons (Fsp3) is 0.882. The molecule has 8 atom stereocenters. The number of carbonyl (C=O) groups is 2. The first-order valence-electron chi connectivity index (χ1n) is 17.2. The van der Waals surface area contributed by atoms with Crippen LogP contribution in [0.25, 0.3) is 0 Å². The predicted molar refractivity (Wildman–Crippen MR) is 181 cm³/mol. The smallest absolute Gasteiger partial charge is 0.306 e. The number of nitrogens with one attached hydrogen (secondary N) is 1. The van der Waals surface area contributed by atoms with Gasteiger partial charge in [-0.05, 0) is 39.5 Å². The van der Waals surface area contributed by atoms with Gasteiger partial charge in [0.1, 0.15) is 23.7 Å². The van der Waals surface area contributed by atoms with Gasteiger partial charge in [-0.15, -0.1) is 23.4 Å². The third-order valence-electron chi connectivity index (χ3n) is 8.96. The summed E-state index contributed by atoms with van der Waals surface area (Å²) in [6, 6.07) is -1.09. The Balaban J connectivity index is 1.77. The molecule has 0 aromatic heterocycles. The molecule has 0 aliphatic carbocycles. The molecule has 0 bridgehead atoms. The molecule has 2 aliphatic rings. The van der Waals surface area contributed by atoms with E-state index in [1.165, 1.54) is 81.5 Å². The van der Waals surface area contributed by atoms with Gasteiger partial charge in [-0.3, -0.25) is 14.5 Å². The number of nitrogens with zero attached hydrogens (tertiary/aromatic N) is 1. The van der Waals surface area contributed by atoms with E-state index in [0.717, 1.165) is 32.2 Å². The van der Waals surface area contributed by atoms with Crippen LogP contribution >= 0.6 is 23.4 Å². The number of aliphatic hydroxyl groups is 2. The number of likely N-dealkylation sites (N-methyl/N-ethyl adjacent to an activating group) is 1. The summed E-state index contributed by atoms with van der Waals surface area (Å²) < 4.78 is 11.8. The molecular formula is C34H61ClN2O6S. The number of amides is 1. The molecule has 0 aromatic carbocycles. The Kier molecular flexibility index (Phi) is 19.5. The Morgan fingerprint density at radius 1 is 1.02 bits per heavy atom. The first-order chi connectivity index (χ1) is 21.1. The second-order valence-electron chi connectivity index (χ2n) is 12.8. The van der Waals surface area contributed by atoms with Crippen molar-refractivity contribution in [1.29, 1.82) is 0 Å². The lowest BCUT2D eigenvalue weighted by Crippen LogP contribution is -2.65. The van der Waals surface area contributed by atoms with Crippen LogP contribution in [0.3, 0.4) is 0 Å². The molecule has 0 unspecified atom stereocenters. The topological polar surface area (TPSA) is 108 Å². The number of esters is 1. The fourth-order valence-corrected chi connectivity index (χ4v) is 7.25. The van der Waals surface area contributed by atoms with Crippen LogP contribution in [0.5, 0.6) is 0 Å². The van der Waals surface area contributed by atoms with Gasteiger partial charge in [0.15, 0.2) is 6.10 Å². The molecule has 10 heteroatoms. The van der Waals surface area contributed by atoms with Crippen molar-refractivity contribution in [3.63, 3.8) is 0 Å². The molecule has 256 valence electrons. The van der Waals surface area contributed by atoms with Crippen molar-refractivity contribution in [1.82, 2.24) is 10.2 Å². The Morgan fingerprint density at radius 3 is 2.11 bits per heavy atom. The molecule has 2 rings (SSSR count). The highest BCUT2D eigenvalue weighted by Crippen LogP contribution is 2.33. The van der Waals surface area contributed by atoms with E-state index in [0.29, 0.717) is 6.42 Å². The number of allylic oxidation sites excluding steroid dienone is 1. The summed E-state index contributed by atoms with van der Waals surface area (Å²) in [4.78, 5) is 27.9. The Morgan fingerprint density at radius 2 is 1.59 bits per heavy atom. The minimum absolute atomic E-state index is 0.193. The third-order valence-corrected chi connectivity index (χ3v) is 10.1. The largest absolute Gasteiger partial charge is 0.456 e. The van der Waals surface area contributed by atoms with E-state index < -0.39 is 47.2 Å². The van der Waals surface area contributed by atoms with Gasteiger partial charge in [-0.2, -0.15) is 0 Å². The number of halogens is 1. The maximum atomic E-state index is 13.3. The number of carbonyl (C=O) groups excluding carboxylic acids is 2. The van der Waals surface area contributed by atoms with Gasteiger partial charge in [-0.1, -0.05) is 103 Å². The summed E-state index contributed by atoms with van der Waals surface area (Å²) in [5, 5.41) is 24.6. The van der Waals surface area contributed by atoms with Crippen molar-refractivity contribution in [3.05, 3.63) is 11.6 Å². The van der Waals surface area contributed by atoms with Gasteiger partial charge in [-0.25, -0.2) is 0 Å². The summed E-state index contributed by atoms with van der Waals surface area (Å²) >= 11 is 7.80. The number of hydrogen-bond donors (Lipinski definition) is 3. The van der Waals surface area contributed by atoms with E-state index in [2.05, 4.69) is 25.2 Å². The van der Waals surface area contributed by atoms with Crippen molar-refractivity contribution in [2.75, 3.05) is 19.8 Å². The molecule has 3 N–H and O–H groups in total. The Labute approximate surface area is 276 Å². The van der Waals surface area contributed by atoms with Gasteiger partial charge < -0.3 is 25.0 Å². The van der Waals surface area contributed by atoms with Crippen molar-refractivity contribution in [2.45, 2.75) is 171 Å². The number of ether oxygens (including phenoxy) is 2. The van der Waals surface area contributed by atoms with Crippen molar-refractivity contribution >= 4 is 35.2 Å². The zero-order chi connectivity index (χ0) is 32.5. The molecule has 2 fully saturated rings. The van der Waals surface area contributed by atoms with Crippen LogP contribution in [0.2, 0.25) is 0 Å². The molecule has 0 aromatic rings. The van der Waals surface area contributed by atoms with Crippen LogP contribution in [0.15, 0.2) is 11.6 Å². The van der Waals surface area contributed by atoms with Crippen LogP contribution in [-0.4, -0.2) is 94.2 Å². The van der Waals surface area contributed by atoms with Gasteiger partial charge in [0.05, 0.1) is 17.5 Å². The maximum Gasteiger partial charge on any atom is 0.306 e. The van der Waals surface area contributed by atoms with E-state index >= 15 is 0 Å². The zero-order valence-corrected chi connectivity index (χ0v) is 29.6. The lowest BCUT2D eigenvalue weighted by Gasteiger charge is -2.45. The van der Waals surface area contributed by atoms with Gasteiger partial charge in [0, 0.05) is 13.0 Å². The lowest BCUT2D eigenvalue weighted by molar-refractivity contribution is -0.218. The predicted octanol–water partition coefficient (Wildman–Crippen LogP) is 6.34. The second-order valence-corrected chi connectivity index (χ2v) is 14.4. The van der Waals surface area contributed by atoms with E-state index in [9.17, 15) is 19.8 Å². The molecule has 0 saturated carbocycles. The first kappa shape index (κ1) is 39.3. The molecule has 2 aliphatic heterocycles. The van der Waals surface area contributed by atoms with E-state index in [-0.39, 0.29) is 18.4 Å². The van der Waals surface area contributed by atoms with Crippen LogP contribution < -0.4 is 5.32 Å². The molecule has 0 radical (unpaired) electrons. The van der Waals surface area contributed by atoms with E-state index in [1.54, 1.807) is 13.2 Å². The fourth-order valence-electron chi connectivity index (χ4n) is 6.32. The van der Waals surface area contributed by atoms with Crippen LogP contribution in [0, 0.1) is 0 Å². The first-order valence-corrected chi connectivity index (χ1v) is 18.9. The van der Waals surface area contributed by atoms with Gasteiger partial charge >= 0.3 is 5.97 Å². The van der Waals surface area contributed by atoms with Gasteiger partial charge in [0.2, 0.25) is 5.91 Å². The van der Waals surface area contributed by atoms with Gasteiger partial charge in [0.25, 0.3) is 0 Å². The summed E-state index contributed by atoms with van der Waals surface area (Å²) in [6.07, 6.45) is 17.0. The van der Waals surface area contributed by atoms with Crippen molar-refractivity contribution < 1.29 is 29.3 Å². The van der Waals surface area contributed by atoms with Crippen molar-refractivity contribution in [3.8, 4) is 0 Å². The van der Waals surface area contributed by atoms with Crippen LogP contribution in [0.4, 0.5) is 0 Å². The number of alkyl halides is 1. The summed E-state index contributed by atoms with van der Waals surface area (Å²) in [7, 11) is 1.91. The SMILES string of the molecule is CC/C=C1/C[C@@H](C(=O)N[C@@H]([C@H]2O[C@H](SC)[C@H](OC(=O)CCCCCCCCCCCCCCC)[C@@H](O)[C@H]2O)[C@H](C)Cl)N(C)C1. The highest BCUT2D eigenvalue weighted by atomic mass is 35.5. The lowest BCUT2D eigenvalue weighted by atomic mass is 9.92. The summed E-state index contributed by atoms with van der Waals surface area (Å²) in [5.41, 5.74) is 0.512. The average molecular weight is 661 g/mol. The van der Waals surface area contributed by atoms with E-state index in [4.69, 9.17) is 21.1 Å². The quantitative estimate of drug-likeness (QED) is 0.0567. The average Bonchev–Trinajstić information content (AvgIpc) is 3.36. The monoisotopic (exact) mass is 660 g/mol. The number of hydrogen-bond acceptors (Lipinski definition) is 8. The number of rotatable bonds is 21. The Bertz CT molecular complexity index is 860. The molecule has 44 heavy (non-hydrogen) atoms. The molecule has 8 nitrogen and oxygen atoms in total. The Hall–Kier alpha value is -0.840. The minimum atomic E-state index is -1.39. The number of aliphatic hydroxyl groups excluding tert-OH is 2. The van der Waals surface area contributed by atoms with Crippen LogP contribution in [-0.2, 0) is 19.1 Å². The minimum Gasteiger partial charge on any atom is -0.456 e. The molecule has 1 amide bonds. The summed E-state index contributed by atoms with van der Waals surface area (Å²) in [6.45, 7) is 6.78. The number of likely N-dealkylation sites (tertiary alicyclic amines) is 1. The molecule has 2 heterocycles. The maximum absolute atomic E-state index is 13.3. The summed E-state index contributed by atoms with van der Waals surface area (Å²) in [5.74, 6) is -0.594. The standard InChI is InChI=1S/C34H61ClN2O6S/c1-6-8-9-10-11-12-13-14-15-16-17-18-19-21-27(38)42-32-30(40)29(39)31(43-34(32)44-5)28(24(3)35)36-33(41)26-22-25(20-7-2)23-37(26)4/h20,24,26,28-32,34,39-40H,6-19,21-23H2,1-5H3,(H,36,41)/b25-20-/t24-,26-,28+,29+,30-,31+,32+,34+/m0/s1. The number of thioether (sulfide) groups is 1.